The quantitative estimate of drug-likeness (QED) is 0.437. The monoisotopic (exact) mass is 218 g/mol. The zero-order valence-corrected chi connectivity index (χ0v) is 9.34. The van der Waals surface area contributed by atoms with E-state index in [1.54, 1.807) is 36.0 Å². The van der Waals surface area contributed by atoms with Gasteiger partial charge in [-0.15, -0.1) is 6.58 Å². The third-order valence-corrected chi connectivity index (χ3v) is 2.22. The van der Waals surface area contributed by atoms with E-state index >= 15 is 0 Å². The van der Waals surface area contributed by atoms with Crippen LogP contribution in [-0.2, 0) is 0 Å². The second kappa shape index (κ2) is 6.20. The average molecular weight is 218 g/mol. The molecule has 1 aromatic heterocycles. The average Bonchev–Trinajstić information content (AvgIpc) is 2.29. The summed E-state index contributed by atoms with van der Waals surface area (Å²) in [5.74, 6) is -0.0594. The van der Waals surface area contributed by atoms with Crippen LogP contribution in [0.5, 0.6) is 0 Å². The van der Waals surface area contributed by atoms with Crippen LogP contribution in [0.25, 0.3) is 0 Å². The van der Waals surface area contributed by atoms with Crippen molar-refractivity contribution in [2.45, 2.75) is 6.82 Å². The summed E-state index contributed by atoms with van der Waals surface area (Å²) in [5.41, 5.74) is 0.553. The fourth-order valence-electron chi connectivity index (χ4n) is 1.32. The Labute approximate surface area is 95.7 Å². The molecule has 16 heavy (non-hydrogen) atoms. The van der Waals surface area contributed by atoms with Crippen LogP contribution in [0.15, 0.2) is 37.2 Å². The molecule has 1 aromatic rings. The van der Waals surface area contributed by atoms with E-state index in [0.29, 0.717) is 12.1 Å². The molecule has 0 spiro atoms. The Balaban J connectivity index is 2.65. The highest BCUT2D eigenvalue weighted by Gasteiger charge is 2.18. The Morgan fingerprint density at radius 3 is 3.00 bits per heavy atom. The molecule has 0 unspecified atom stereocenters. The van der Waals surface area contributed by atoms with Crippen molar-refractivity contribution in [2.24, 2.45) is 0 Å². The largest absolute Gasteiger partial charge is 0.437 e. The molecule has 0 fully saturated rings. The first-order valence-electron chi connectivity index (χ1n) is 5.11. The van der Waals surface area contributed by atoms with Crippen molar-refractivity contribution in [1.29, 1.82) is 0 Å². The first-order valence-corrected chi connectivity index (χ1v) is 5.11. The highest BCUT2D eigenvalue weighted by molar-refractivity contribution is 6.45. The normalized spacial score (nSPS) is 10.2. The van der Waals surface area contributed by atoms with Gasteiger partial charge < -0.3 is 9.83 Å². The summed E-state index contributed by atoms with van der Waals surface area (Å²) >= 11 is 0. The topological polar surface area (TPSA) is 53.4 Å². The van der Waals surface area contributed by atoms with Crippen LogP contribution in [0.1, 0.15) is 10.4 Å². The summed E-state index contributed by atoms with van der Waals surface area (Å²) in [7, 11) is -0.668. The molecule has 0 amide bonds. The molecular formula is C11H15BN2O2. The molecule has 4 nitrogen and oxygen atoms in total. The standard InChI is InChI=1S/C11H15BN2O2/c1-3-7-14(12(2)16)9-11(15)10-5-4-6-13-8-10/h3-6,8,16H,1,7,9H2,2H3. The van der Waals surface area contributed by atoms with Crippen molar-refractivity contribution in [1.82, 2.24) is 9.79 Å². The van der Waals surface area contributed by atoms with E-state index in [9.17, 15) is 9.82 Å². The first kappa shape index (κ1) is 12.6. The van der Waals surface area contributed by atoms with Gasteiger partial charge in [-0.25, -0.2) is 0 Å². The van der Waals surface area contributed by atoms with Crippen molar-refractivity contribution in [3.63, 3.8) is 0 Å². The number of hydrogen-bond donors (Lipinski definition) is 1. The molecule has 0 bridgehead atoms. The molecule has 0 atom stereocenters. The lowest BCUT2D eigenvalue weighted by atomic mass is 9.84. The van der Waals surface area contributed by atoms with Crippen LogP contribution in [0.2, 0.25) is 6.82 Å². The highest BCUT2D eigenvalue weighted by Crippen LogP contribution is 2.01. The predicted molar refractivity (Wildman–Crippen MR) is 64.2 cm³/mol. The van der Waals surface area contributed by atoms with E-state index < -0.39 is 7.05 Å². The van der Waals surface area contributed by atoms with Gasteiger partial charge in [0.2, 0.25) is 0 Å². The summed E-state index contributed by atoms with van der Waals surface area (Å²) in [6, 6.07) is 3.43. The van der Waals surface area contributed by atoms with E-state index in [1.165, 1.54) is 6.20 Å². The van der Waals surface area contributed by atoms with Crippen LogP contribution in [0.3, 0.4) is 0 Å². The van der Waals surface area contributed by atoms with Crippen molar-refractivity contribution in [3.8, 4) is 0 Å². The van der Waals surface area contributed by atoms with Crippen LogP contribution in [0, 0.1) is 0 Å². The molecule has 0 radical (unpaired) electrons. The highest BCUT2D eigenvalue weighted by atomic mass is 16.2. The lowest BCUT2D eigenvalue weighted by Gasteiger charge is -2.20. The van der Waals surface area contributed by atoms with Gasteiger partial charge in [0.1, 0.15) is 0 Å². The minimum Gasteiger partial charge on any atom is -0.437 e. The maximum atomic E-state index is 11.8. The summed E-state index contributed by atoms with van der Waals surface area (Å²) in [4.78, 5) is 17.3. The van der Waals surface area contributed by atoms with Gasteiger partial charge in [-0.3, -0.25) is 9.78 Å². The molecule has 0 saturated carbocycles. The van der Waals surface area contributed by atoms with E-state index in [0.717, 1.165) is 0 Å². The van der Waals surface area contributed by atoms with Gasteiger partial charge in [-0.05, 0) is 19.0 Å². The number of Topliss-reactive ketones (excluding diaryl/α,β-unsaturated/α-hetero) is 1. The van der Waals surface area contributed by atoms with Gasteiger partial charge in [0.05, 0.1) is 6.54 Å². The van der Waals surface area contributed by atoms with Gasteiger partial charge >= 0.3 is 7.05 Å². The van der Waals surface area contributed by atoms with Gasteiger partial charge in [-0.2, -0.15) is 0 Å². The Kier molecular flexibility index (Phi) is 4.89. The smallest absolute Gasteiger partial charge is 0.377 e. The second-order valence-electron chi connectivity index (χ2n) is 3.51. The van der Waals surface area contributed by atoms with Crippen LogP contribution < -0.4 is 0 Å². The predicted octanol–water partition coefficient (Wildman–Crippen LogP) is 0.863. The van der Waals surface area contributed by atoms with E-state index in [1.807, 2.05) is 0 Å². The molecule has 1 N–H and O–H groups in total. The molecule has 0 aliphatic heterocycles. The van der Waals surface area contributed by atoms with Crippen LogP contribution in [0.4, 0.5) is 0 Å². The van der Waals surface area contributed by atoms with E-state index in [2.05, 4.69) is 11.6 Å². The van der Waals surface area contributed by atoms with Crippen LogP contribution in [-0.4, -0.2) is 40.7 Å². The third-order valence-electron chi connectivity index (χ3n) is 2.22. The number of aromatic nitrogens is 1. The number of ketones is 1. The number of nitrogens with zero attached hydrogens (tertiary/aromatic N) is 2. The van der Waals surface area contributed by atoms with Crippen molar-refractivity contribution in [3.05, 3.63) is 42.7 Å². The molecule has 0 saturated heterocycles. The molecule has 1 heterocycles. The summed E-state index contributed by atoms with van der Waals surface area (Å²) in [6.45, 7) is 5.85. The van der Waals surface area contributed by atoms with E-state index in [-0.39, 0.29) is 12.3 Å². The fraction of sp³-hybridized carbons (Fsp3) is 0.273. The van der Waals surface area contributed by atoms with E-state index in [4.69, 9.17) is 0 Å². The minimum atomic E-state index is -0.668. The maximum absolute atomic E-state index is 11.8. The third kappa shape index (κ3) is 3.60. The molecule has 0 aliphatic rings. The first-order chi connectivity index (χ1) is 7.65. The molecule has 0 aromatic carbocycles. The number of hydrogen-bond acceptors (Lipinski definition) is 4. The Morgan fingerprint density at radius 2 is 2.50 bits per heavy atom. The molecule has 5 heteroatoms. The Morgan fingerprint density at radius 1 is 1.75 bits per heavy atom. The second-order valence-corrected chi connectivity index (χ2v) is 3.51. The van der Waals surface area contributed by atoms with Gasteiger partial charge in [-0.1, -0.05) is 6.08 Å². The number of carbonyl (C=O) groups excluding carboxylic acids is 1. The van der Waals surface area contributed by atoms with Crippen molar-refractivity contribution >= 4 is 12.8 Å². The number of pyridine rings is 1. The van der Waals surface area contributed by atoms with Crippen molar-refractivity contribution < 1.29 is 9.82 Å². The fourth-order valence-corrected chi connectivity index (χ4v) is 1.32. The lowest BCUT2D eigenvalue weighted by Crippen LogP contribution is -2.40. The summed E-state index contributed by atoms with van der Waals surface area (Å²) in [5, 5.41) is 9.45. The zero-order chi connectivity index (χ0) is 12.0. The number of carbonyl (C=O) groups is 1. The molecule has 0 aliphatic carbocycles. The Bertz CT molecular complexity index is 354. The van der Waals surface area contributed by atoms with Gasteiger partial charge in [0.25, 0.3) is 0 Å². The lowest BCUT2D eigenvalue weighted by molar-refractivity contribution is 0.0963. The summed E-state index contributed by atoms with van der Waals surface area (Å²) < 4.78 is 0. The Hall–Kier alpha value is -1.46. The van der Waals surface area contributed by atoms with Gasteiger partial charge in [0.15, 0.2) is 5.78 Å². The SMILES string of the molecule is C=CCN(CC(=O)c1cccnc1)B(C)O. The van der Waals surface area contributed by atoms with Crippen LogP contribution >= 0.6 is 0 Å². The maximum Gasteiger partial charge on any atom is 0.377 e. The molecular weight excluding hydrogens is 203 g/mol. The minimum absolute atomic E-state index is 0.0594. The molecule has 84 valence electrons. The zero-order valence-electron chi connectivity index (χ0n) is 9.34. The number of rotatable bonds is 6. The van der Waals surface area contributed by atoms with Gasteiger partial charge in [0, 0.05) is 24.5 Å². The molecule has 1 rings (SSSR count). The van der Waals surface area contributed by atoms with Crippen molar-refractivity contribution in [2.75, 3.05) is 13.1 Å². The summed E-state index contributed by atoms with van der Waals surface area (Å²) in [6.07, 6.45) is 4.80.